The third kappa shape index (κ3) is 5.78. The number of likely N-dealkylation sites (tertiary alicyclic amines) is 1. The molecular weight excluding hydrogens is 448 g/mol. The molecular formula is C25H26ClF2N3O2. The highest BCUT2D eigenvalue weighted by molar-refractivity contribution is 6.24. The minimum atomic E-state index is -1.93. The molecule has 1 fully saturated rings. The van der Waals surface area contributed by atoms with Crippen LogP contribution in [0.25, 0.3) is 11.3 Å². The molecule has 1 aromatic heterocycles. The Hall–Kier alpha value is -2.77. The largest absolute Gasteiger partial charge is 0.497 e. The van der Waals surface area contributed by atoms with E-state index in [1.807, 2.05) is 0 Å². The van der Waals surface area contributed by atoms with Gasteiger partial charge in [0.1, 0.15) is 11.6 Å². The Morgan fingerprint density at radius 2 is 2.09 bits per heavy atom. The van der Waals surface area contributed by atoms with E-state index in [1.165, 1.54) is 24.4 Å². The van der Waals surface area contributed by atoms with Crippen molar-refractivity contribution in [1.82, 2.24) is 15.2 Å². The highest BCUT2D eigenvalue weighted by atomic mass is 35.5. The number of methoxy groups -OCH3 is 1. The number of nitrogens with one attached hydrogen (secondary N) is 1. The van der Waals surface area contributed by atoms with Gasteiger partial charge in [-0.15, -0.1) is 0 Å². The summed E-state index contributed by atoms with van der Waals surface area (Å²) in [6.45, 7) is 1.93. The molecule has 5 nitrogen and oxygen atoms in total. The summed E-state index contributed by atoms with van der Waals surface area (Å²) in [4.78, 5) is 19.1. The van der Waals surface area contributed by atoms with E-state index in [4.69, 9.17) is 16.3 Å². The molecule has 0 spiro atoms. The summed E-state index contributed by atoms with van der Waals surface area (Å²) in [5.41, 5.74) is 1.71. The van der Waals surface area contributed by atoms with Crippen LogP contribution in [0.4, 0.5) is 8.78 Å². The molecule has 33 heavy (non-hydrogen) atoms. The number of rotatable bonds is 6. The highest BCUT2D eigenvalue weighted by Crippen LogP contribution is 2.36. The fourth-order valence-corrected chi connectivity index (χ4v) is 4.34. The lowest BCUT2D eigenvalue weighted by molar-refractivity contribution is 0.0899. The van der Waals surface area contributed by atoms with Crippen molar-refractivity contribution in [3.63, 3.8) is 0 Å². The van der Waals surface area contributed by atoms with Crippen LogP contribution in [0.2, 0.25) is 0 Å². The van der Waals surface area contributed by atoms with Gasteiger partial charge in [0.05, 0.1) is 18.4 Å². The van der Waals surface area contributed by atoms with Gasteiger partial charge >= 0.3 is 0 Å². The molecule has 4 rings (SSSR count). The van der Waals surface area contributed by atoms with E-state index in [0.717, 1.165) is 25.9 Å². The normalized spacial score (nSPS) is 23.8. The van der Waals surface area contributed by atoms with Gasteiger partial charge in [-0.1, -0.05) is 23.7 Å². The standard InChI is InChI=1S/C25H26ClF2N3O2/c1-33-22-7-10-25(26,28)19(14-22)16-31-11-8-21(9-12-31)30-24(32)18-5-6-23(29-15-18)17-3-2-4-20(27)13-17/h2-7,10,13-15,19,21H,8-9,11-12,16H2,1H3,(H,30,32). The fraction of sp³-hybridized carbons (Fsp3) is 0.360. The number of piperidine rings is 1. The minimum absolute atomic E-state index is 0.0270. The van der Waals surface area contributed by atoms with Crippen molar-refractivity contribution in [2.45, 2.75) is 24.0 Å². The Morgan fingerprint density at radius 3 is 2.76 bits per heavy atom. The van der Waals surface area contributed by atoms with Gasteiger partial charge < -0.3 is 15.0 Å². The zero-order chi connectivity index (χ0) is 23.4. The van der Waals surface area contributed by atoms with Crippen LogP contribution in [0.5, 0.6) is 0 Å². The number of halogens is 3. The van der Waals surface area contributed by atoms with E-state index >= 15 is 0 Å². The summed E-state index contributed by atoms with van der Waals surface area (Å²) in [5, 5.41) is 1.12. The van der Waals surface area contributed by atoms with Crippen LogP contribution in [0.3, 0.4) is 0 Å². The minimum Gasteiger partial charge on any atom is -0.497 e. The highest BCUT2D eigenvalue weighted by Gasteiger charge is 2.37. The maximum atomic E-state index is 14.7. The maximum Gasteiger partial charge on any atom is 0.253 e. The lowest BCUT2D eigenvalue weighted by atomic mass is 9.95. The van der Waals surface area contributed by atoms with Gasteiger partial charge in [0.15, 0.2) is 0 Å². The number of hydrogen-bond acceptors (Lipinski definition) is 4. The zero-order valence-electron chi connectivity index (χ0n) is 18.3. The van der Waals surface area contributed by atoms with E-state index < -0.39 is 11.0 Å². The molecule has 1 aliphatic carbocycles. The average molecular weight is 474 g/mol. The van der Waals surface area contributed by atoms with Crippen LogP contribution in [0.15, 0.2) is 66.6 Å². The van der Waals surface area contributed by atoms with Gasteiger partial charge in [0.2, 0.25) is 5.13 Å². The fourth-order valence-electron chi connectivity index (χ4n) is 4.15. The molecule has 0 bridgehead atoms. The van der Waals surface area contributed by atoms with Gasteiger partial charge in [-0.25, -0.2) is 8.78 Å². The second-order valence-corrected chi connectivity index (χ2v) is 8.96. The second kappa shape index (κ2) is 10.0. The number of benzene rings is 1. The molecule has 1 aliphatic heterocycles. The number of carbonyl (C=O) groups excluding carboxylic acids is 1. The lowest BCUT2D eigenvalue weighted by Crippen LogP contribution is -2.47. The third-order valence-electron chi connectivity index (χ3n) is 6.09. The Kier molecular flexibility index (Phi) is 7.10. The molecule has 0 saturated carbocycles. The molecule has 174 valence electrons. The van der Waals surface area contributed by atoms with Crippen molar-refractivity contribution in [1.29, 1.82) is 0 Å². The Morgan fingerprint density at radius 1 is 1.30 bits per heavy atom. The first-order valence-corrected chi connectivity index (χ1v) is 11.3. The Labute approximate surface area is 197 Å². The number of ether oxygens (including phenoxy) is 1. The molecule has 1 aromatic carbocycles. The van der Waals surface area contributed by atoms with Crippen molar-refractivity contribution < 1.29 is 18.3 Å². The number of hydrogen-bond donors (Lipinski definition) is 1. The van der Waals surface area contributed by atoms with E-state index in [1.54, 1.807) is 43.5 Å². The summed E-state index contributed by atoms with van der Waals surface area (Å²) in [6.07, 6.45) is 7.62. The second-order valence-electron chi connectivity index (χ2n) is 8.38. The van der Waals surface area contributed by atoms with E-state index in [2.05, 4.69) is 15.2 Å². The molecule has 2 aliphatic rings. The van der Waals surface area contributed by atoms with Crippen molar-refractivity contribution in [2.75, 3.05) is 26.7 Å². The van der Waals surface area contributed by atoms with Crippen LogP contribution in [-0.4, -0.2) is 53.7 Å². The predicted octanol–water partition coefficient (Wildman–Crippen LogP) is 4.70. The average Bonchev–Trinajstić information content (AvgIpc) is 2.81. The first kappa shape index (κ1) is 23.4. The zero-order valence-corrected chi connectivity index (χ0v) is 19.1. The molecule has 8 heteroatoms. The smallest absolute Gasteiger partial charge is 0.253 e. The number of allylic oxidation sites excluding steroid dienone is 2. The van der Waals surface area contributed by atoms with Gasteiger partial charge in [0.25, 0.3) is 5.91 Å². The summed E-state index contributed by atoms with van der Waals surface area (Å²) >= 11 is 6.04. The Balaban J connectivity index is 1.29. The van der Waals surface area contributed by atoms with E-state index in [-0.39, 0.29) is 17.8 Å². The van der Waals surface area contributed by atoms with Crippen LogP contribution in [0, 0.1) is 11.7 Å². The first-order valence-electron chi connectivity index (χ1n) is 10.9. The van der Waals surface area contributed by atoms with Crippen molar-refractivity contribution >= 4 is 17.5 Å². The van der Waals surface area contributed by atoms with Gasteiger partial charge in [-0.2, -0.15) is 0 Å². The number of amides is 1. The Bertz CT molecular complexity index is 1050. The number of aromatic nitrogens is 1. The van der Waals surface area contributed by atoms with Gasteiger partial charge in [-0.3, -0.25) is 9.78 Å². The molecule has 1 saturated heterocycles. The van der Waals surface area contributed by atoms with Crippen molar-refractivity contribution in [2.24, 2.45) is 5.92 Å². The van der Waals surface area contributed by atoms with Crippen LogP contribution < -0.4 is 5.32 Å². The molecule has 2 unspecified atom stereocenters. The maximum absolute atomic E-state index is 14.7. The number of carbonyl (C=O) groups is 1. The molecule has 2 aromatic rings. The summed E-state index contributed by atoms with van der Waals surface area (Å²) in [5.74, 6) is -0.428. The van der Waals surface area contributed by atoms with E-state index in [9.17, 15) is 13.6 Å². The summed E-state index contributed by atoms with van der Waals surface area (Å²) in [6, 6.07) is 9.60. The first-order chi connectivity index (χ1) is 15.8. The summed E-state index contributed by atoms with van der Waals surface area (Å²) < 4.78 is 33.3. The van der Waals surface area contributed by atoms with Gasteiger partial charge in [0, 0.05) is 43.4 Å². The van der Waals surface area contributed by atoms with Crippen LogP contribution >= 0.6 is 11.6 Å². The molecule has 2 heterocycles. The van der Waals surface area contributed by atoms with Crippen molar-refractivity contribution in [3.05, 3.63) is 78.0 Å². The molecule has 1 N–H and O–H groups in total. The summed E-state index contributed by atoms with van der Waals surface area (Å²) in [7, 11) is 1.55. The lowest BCUT2D eigenvalue weighted by Gasteiger charge is -2.36. The molecule has 2 atom stereocenters. The quantitative estimate of drug-likeness (QED) is 0.618. The third-order valence-corrected chi connectivity index (χ3v) is 6.50. The van der Waals surface area contributed by atoms with Crippen molar-refractivity contribution in [3.8, 4) is 11.3 Å². The predicted molar refractivity (Wildman–Crippen MR) is 124 cm³/mol. The monoisotopic (exact) mass is 473 g/mol. The van der Waals surface area contributed by atoms with Crippen LogP contribution in [0.1, 0.15) is 23.2 Å². The topological polar surface area (TPSA) is 54.5 Å². The number of nitrogens with zero attached hydrogens (tertiary/aromatic N) is 2. The molecule has 0 radical (unpaired) electrons. The number of pyridine rings is 1. The van der Waals surface area contributed by atoms with Gasteiger partial charge in [-0.05, 0) is 55.3 Å². The molecule has 1 amide bonds. The van der Waals surface area contributed by atoms with E-state index in [0.29, 0.717) is 29.1 Å². The van der Waals surface area contributed by atoms with Crippen LogP contribution in [-0.2, 0) is 4.74 Å². The SMILES string of the molecule is COC1=CC(CN2CCC(NC(=O)c3ccc(-c4cccc(F)c4)nc3)CC2)C(F)(Cl)C=C1. The number of alkyl halides is 2.